The summed E-state index contributed by atoms with van der Waals surface area (Å²) in [5.74, 6) is 0.292. The molecule has 0 aliphatic heterocycles. The first-order chi connectivity index (χ1) is 16.0. The van der Waals surface area contributed by atoms with Crippen LogP contribution in [0.15, 0.2) is 78.0 Å². The summed E-state index contributed by atoms with van der Waals surface area (Å²) in [6, 6.07) is 17.7. The topological polar surface area (TPSA) is 89.5 Å². The molecule has 2 aromatic carbocycles. The lowest BCUT2D eigenvalue weighted by Gasteiger charge is -2.20. The first-order valence-electron chi connectivity index (χ1n) is 10.4. The molecule has 7 nitrogen and oxygen atoms in total. The van der Waals surface area contributed by atoms with E-state index >= 15 is 0 Å². The van der Waals surface area contributed by atoms with E-state index in [4.69, 9.17) is 4.74 Å². The zero-order valence-corrected chi connectivity index (χ0v) is 19.7. The van der Waals surface area contributed by atoms with E-state index in [-0.39, 0.29) is 29.4 Å². The fourth-order valence-electron chi connectivity index (χ4n) is 3.36. The van der Waals surface area contributed by atoms with E-state index in [2.05, 4.69) is 9.97 Å². The van der Waals surface area contributed by atoms with E-state index in [0.717, 1.165) is 15.8 Å². The molecule has 0 fully saturated rings. The SMILES string of the molecule is COc1ccc(S(=O)(=O)CCCC(=O)N(Cc2cccnc2)c2nc3ccccc3s2)cc1. The number of carbonyl (C=O) groups is 1. The molecule has 4 rings (SSSR count). The van der Waals surface area contributed by atoms with E-state index in [1.54, 1.807) is 29.4 Å². The van der Waals surface area contributed by atoms with Gasteiger partial charge in [0.2, 0.25) is 5.91 Å². The van der Waals surface area contributed by atoms with Crippen LogP contribution in [0.5, 0.6) is 5.75 Å². The number of hydrogen-bond acceptors (Lipinski definition) is 7. The summed E-state index contributed by atoms with van der Waals surface area (Å²) in [6.45, 7) is 0.317. The average Bonchev–Trinajstić information content (AvgIpc) is 3.27. The van der Waals surface area contributed by atoms with Crippen LogP contribution in [0.25, 0.3) is 10.2 Å². The normalized spacial score (nSPS) is 11.4. The van der Waals surface area contributed by atoms with E-state index < -0.39 is 9.84 Å². The van der Waals surface area contributed by atoms with Crippen LogP contribution < -0.4 is 9.64 Å². The molecule has 2 aromatic heterocycles. The summed E-state index contributed by atoms with van der Waals surface area (Å²) >= 11 is 1.44. The number of pyridine rings is 1. The smallest absolute Gasteiger partial charge is 0.229 e. The molecule has 0 atom stereocenters. The van der Waals surface area contributed by atoms with Crippen molar-refractivity contribution in [2.24, 2.45) is 0 Å². The second-order valence-corrected chi connectivity index (χ2v) is 10.5. The Morgan fingerprint density at radius 1 is 1.06 bits per heavy atom. The Balaban J connectivity index is 1.48. The van der Waals surface area contributed by atoms with Crippen molar-refractivity contribution in [1.29, 1.82) is 0 Å². The van der Waals surface area contributed by atoms with Crippen molar-refractivity contribution in [1.82, 2.24) is 9.97 Å². The van der Waals surface area contributed by atoms with Crippen LogP contribution >= 0.6 is 11.3 Å². The minimum atomic E-state index is -3.50. The second-order valence-electron chi connectivity index (χ2n) is 7.40. The zero-order valence-electron chi connectivity index (χ0n) is 18.0. The summed E-state index contributed by atoms with van der Waals surface area (Å²) in [6.07, 6.45) is 3.69. The van der Waals surface area contributed by atoms with Gasteiger partial charge in [-0.3, -0.25) is 14.7 Å². The number of rotatable bonds is 9. The summed E-state index contributed by atoms with van der Waals surface area (Å²) < 4.78 is 31.4. The van der Waals surface area contributed by atoms with Crippen LogP contribution in [0.4, 0.5) is 5.13 Å². The van der Waals surface area contributed by atoms with Crippen LogP contribution in [-0.2, 0) is 21.2 Å². The minimum Gasteiger partial charge on any atom is -0.497 e. The number of para-hydroxylation sites is 1. The molecule has 0 radical (unpaired) electrons. The standard InChI is InChI=1S/C24H23N3O4S2/c1-31-19-10-12-20(13-11-19)33(29,30)15-5-9-23(28)27(17-18-6-4-14-25-16-18)24-26-21-7-2-3-8-22(21)32-24/h2-4,6-8,10-14,16H,5,9,15,17H2,1H3. The molecule has 170 valence electrons. The number of sulfone groups is 1. The first-order valence-corrected chi connectivity index (χ1v) is 12.8. The molecule has 0 spiro atoms. The highest BCUT2D eigenvalue weighted by Crippen LogP contribution is 2.30. The molecule has 2 heterocycles. The van der Waals surface area contributed by atoms with Gasteiger partial charge in [-0.2, -0.15) is 0 Å². The lowest BCUT2D eigenvalue weighted by molar-refractivity contribution is -0.118. The number of amides is 1. The third-order valence-corrected chi connectivity index (χ3v) is 7.98. The van der Waals surface area contributed by atoms with Gasteiger partial charge in [0.1, 0.15) is 5.75 Å². The molecule has 0 unspecified atom stereocenters. The number of anilines is 1. The molecule has 4 aromatic rings. The van der Waals surface area contributed by atoms with Crippen molar-refractivity contribution < 1.29 is 17.9 Å². The van der Waals surface area contributed by atoms with Crippen molar-refractivity contribution in [3.8, 4) is 5.75 Å². The minimum absolute atomic E-state index is 0.0889. The highest BCUT2D eigenvalue weighted by molar-refractivity contribution is 7.91. The number of carbonyl (C=O) groups excluding carboxylic acids is 1. The van der Waals surface area contributed by atoms with Crippen molar-refractivity contribution in [2.75, 3.05) is 17.8 Å². The van der Waals surface area contributed by atoms with Crippen LogP contribution in [0, 0.1) is 0 Å². The Kier molecular flexibility index (Phi) is 7.00. The molecular weight excluding hydrogens is 458 g/mol. The molecule has 1 amide bonds. The molecule has 9 heteroatoms. The van der Waals surface area contributed by atoms with E-state index in [1.807, 2.05) is 36.4 Å². The maximum atomic E-state index is 13.2. The van der Waals surface area contributed by atoms with E-state index in [1.165, 1.54) is 30.6 Å². The third-order valence-electron chi connectivity index (χ3n) is 5.10. The van der Waals surface area contributed by atoms with Crippen LogP contribution in [0.2, 0.25) is 0 Å². The molecule has 0 aliphatic carbocycles. The van der Waals surface area contributed by atoms with Gasteiger partial charge in [-0.1, -0.05) is 29.5 Å². The van der Waals surface area contributed by atoms with Gasteiger partial charge in [-0.15, -0.1) is 0 Å². The van der Waals surface area contributed by atoms with Gasteiger partial charge in [0.05, 0.1) is 34.5 Å². The highest BCUT2D eigenvalue weighted by atomic mass is 32.2. The molecule has 0 aliphatic rings. The predicted molar refractivity (Wildman–Crippen MR) is 129 cm³/mol. The van der Waals surface area contributed by atoms with Crippen molar-refractivity contribution in [2.45, 2.75) is 24.3 Å². The summed E-state index contributed by atoms with van der Waals surface area (Å²) in [4.78, 5) is 23.8. The van der Waals surface area contributed by atoms with Gasteiger partial charge in [0, 0.05) is 18.8 Å². The van der Waals surface area contributed by atoms with E-state index in [9.17, 15) is 13.2 Å². The van der Waals surface area contributed by atoms with Gasteiger partial charge in [-0.25, -0.2) is 13.4 Å². The fraction of sp³-hybridized carbons (Fsp3) is 0.208. The summed E-state index contributed by atoms with van der Waals surface area (Å²) in [5, 5.41) is 0.586. The number of benzene rings is 2. The average molecular weight is 482 g/mol. The number of fused-ring (bicyclic) bond motifs is 1. The number of methoxy groups -OCH3 is 1. The van der Waals surface area contributed by atoms with Crippen LogP contribution in [0.1, 0.15) is 18.4 Å². The van der Waals surface area contributed by atoms with E-state index in [0.29, 0.717) is 17.4 Å². The Morgan fingerprint density at radius 3 is 2.55 bits per heavy atom. The largest absolute Gasteiger partial charge is 0.497 e. The van der Waals surface area contributed by atoms with Gasteiger partial charge in [-0.05, 0) is 54.4 Å². The van der Waals surface area contributed by atoms with Crippen LogP contribution in [-0.4, -0.2) is 37.2 Å². The number of aromatic nitrogens is 2. The Labute approximate surface area is 196 Å². The number of hydrogen-bond donors (Lipinski definition) is 0. The molecule has 0 N–H and O–H groups in total. The van der Waals surface area contributed by atoms with Gasteiger partial charge < -0.3 is 4.74 Å². The molecule has 33 heavy (non-hydrogen) atoms. The lowest BCUT2D eigenvalue weighted by Crippen LogP contribution is -2.30. The number of thiazole rings is 1. The Bertz CT molecular complexity index is 1300. The summed E-state index contributed by atoms with van der Waals surface area (Å²) in [5.41, 5.74) is 1.69. The number of ether oxygens (including phenoxy) is 1. The quantitative estimate of drug-likeness (QED) is 0.350. The van der Waals surface area contributed by atoms with Crippen molar-refractivity contribution in [3.05, 3.63) is 78.6 Å². The molecule has 0 bridgehead atoms. The monoisotopic (exact) mass is 481 g/mol. The Hall–Kier alpha value is -3.30. The molecule has 0 saturated heterocycles. The van der Waals surface area contributed by atoms with Gasteiger partial charge in [0.15, 0.2) is 15.0 Å². The Morgan fingerprint density at radius 2 is 1.85 bits per heavy atom. The van der Waals surface area contributed by atoms with Gasteiger partial charge in [0.25, 0.3) is 0 Å². The van der Waals surface area contributed by atoms with Crippen LogP contribution in [0.3, 0.4) is 0 Å². The zero-order chi connectivity index (χ0) is 23.3. The summed E-state index contributed by atoms with van der Waals surface area (Å²) in [7, 11) is -1.97. The van der Waals surface area contributed by atoms with Crippen molar-refractivity contribution in [3.63, 3.8) is 0 Å². The maximum Gasteiger partial charge on any atom is 0.229 e. The molecule has 0 saturated carbocycles. The van der Waals surface area contributed by atoms with Gasteiger partial charge >= 0.3 is 0 Å². The third kappa shape index (κ3) is 5.55. The maximum absolute atomic E-state index is 13.2. The first kappa shape index (κ1) is 22.9. The second kappa shape index (κ2) is 10.1. The molecular formula is C24H23N3O4S2. The highest BCUT2D eigenvalue weighted by Gasteiger charge is 2.22. The lowest BCUT2D eigenvalue weighted by atomic mass is 10.2. The van der Waals surface area contributed by atoms with Crippen molar-refractivity contribution >= 4 is 42.4 Å². The fourth-order valence-corrected chi connectivity index (χ4v) is 5.65. The predicted octanol–water partition coefficient (Wildman–Crippen LogP) is 4.49. The number of nitrogens with zero attached hydrogens (tertiary/aromatic N) is 3.